The number of nitrogens with zero attached hydrogens (tertiary/aromatic N) is 4. The number of aliphatic hydroxyl groups excluding tert-OH is 1. The van der Waals surface area contributed by atoms with Gasteiger partial charge in [0.15, 0.2) is 27.5 Å². The lowest BCUT2D eigenvalue weighted by Crippen LogP contribution is -2.44. The zero-order valence-corrected chi connectivity index (χ0v) is 21.6. The second kappa shape index (κ2) is 9.36. The number of phosphoric acid groups is 1. The second-order valence-corrected chi connectivity index (χ2v) is 12.7. The fourth-order valence-corrected chi connectivity index (χ4v) is 6.40. The Hall–Kier alpha value is -2.49. The predicted molar refractivity (Wildman–Crippen MR) is 128 cm³/mol. The van der Waals surface area contributed by atoms with E-state index in [-0.39, 0.29) is 23.0 Å². The molecule has 2 aliphatic heterocycles. The minimum absolute atomic E-state index is 0.0294. The third-order valence-electron chi connectivity index (χ3n) is 6.34. The average molecular weight is 556 g/mol. The molecule has 4 heterocycles. The molecule has 2 unspecified atom stereocenters. The molecule has 0 radical (unpaired) electrons. The molecule has 2 aromatic heterocycles. The Balaban J connectivity index is 1.31. The normalized spacial score (nSPS) is 32.6. The van der Waals surface area contributed by atoms with Crippen molar-refractivity contribution in [1.29, 1.82) is 0 Å². The fourth-order valence-electron chi connectivity index (χ4n) is 4.34. The molecule has 16 heteroatoms. The van der Waals surface area contributed by atoms with Gasteiger partial charge < -0.3 is 20.7 Å². The summed E-state index contributed by atoms with van der Waals surface area (Å²) in [6.45, 7) is 0.964. The van der Waals surface area contributed by atoms with E-state index in [1.165, 1.54) is 36.3 Å². The van der Waals surface area contributed by atoms with Crippen LogP contribution in [0.2, 0.25) is 0 Å². The molecule has 37 heavy (non-hydrogen) atoms. The quantitative estimate of drug-likeness (QED) is 0.366. The molecule has 0 amide bonds. The summed E-state index contributed by atoms with van der Waals surface area (Å²) < 4.78 is 60.7. The lowest BCUT2D eigenvalue weighted by molar-refractivity contribution is -0.0953. The molecular weight excluding hydrogens is 529 g/mol. The van der Waals surface area contributed by atoms with Crippen molar-refractivity contribution < 1.29 is 41.5 Å². The number of sulfone groups is 1. The van der Waals surface area contributed by atoms with Crippen molar-refractivity contribution in [3.63, 3.8) is 0 Å². The monoisotopic (exact) mass is 555 g/mol. The van der Waals surface area contributed by atoms with Crippen LogP contribution in [0.25, 0.3) is 11.2 Å². The fraction of sp³-hybridized carbons (Fsp3) is 0.476. The molecule has 2 saturated heterocycles. The van der Waals surface area contributed by atoms with Gasteiger partial charge in [-0.1, -0.05) is 12.1 Å². The van der Waals surface area contributed by atoms with Gasteiger partial charge in [0.05, 0.1) is 30.5 Å². The molecule has 5 rings (SSSR count). The van der Waals surface area contributed by atoms with Gasteiger partial charge >= 0.3 is 7.82 Å². The Morgan fingerprint density at radius 1 is 1.32 bits per heavy atom. The highest BCUT2D eigenvalue weighted by Crippen LogP contribution is 2.57. The summed E-state index contributed by atoms with van der Waals surface area (Å²) in [6, 6.07) is 6.14. The van der Waals surface area contributed by atoms with Crippen LogP contribution in [0, 0.1) is 0 Å². The number of hydrogen-bond acceptors (Lipinski definition) is 13. The number of phosphoric ester groups is 1. The highest BCUT2D eigenvalue weighted by atomic mass is 32.2. The first-order valence-electron chi connectivity index (χ1n) is 11.3. The second-order valence-electron chi connectivity index (χ2n) is 9.08. The van der Waals surface area contributed by atoms with Crippen LogP contribution in [0.3, 0.4) is 0 Å². The zero-order valence-electron chi connectivity index (χ0n) is 19.9. The number of fused-ring (bicyclic) bond motifs is 1. The minimum atomic E-state index is -4.12. The van der Waals surface area contributed by atoms with Gasteiger partial charge in [0.1, 0.15) is 29.7 Å². The molecular formula is C21H26N5O9PS. The van der Waals surface area contributed by atoms with Gasteiger partial charge in [0.2, 0.25) is 0 Å². The van der Waals surface area contributed by atoms with Gasteiger partial charge in [-0.25, -0.2) is 27.9 Å². The third-order valence-corrected chi connectivity index (χ3v) is 8.92. The number of aliphatic hydroxyl groups is 2. The molecule has 3 aromatic rings. The maximum Gasteiger partial charge on any atom is 0.475 e. The molecule has 2 aliphatic rings. The minimum Gasteiger partial charge on any atom is -0.387 e. The Morgan fingerprint density at radius 2 is 2.11 bits per heavy atom. The van der Waals surface area contributed by atoms with Crippen LogP contribution in [0.5, 0.6) is 0 Å². The van der Waals surface area contributed by atoms with Crippen LogP contribution < -0.4 is 5.73 Å². The molecule has 14 nitrogen and oxygen atoms in total. The number of nitrogens with two attached hydrogens (primary N) is 1. The lowest BCUT2D eigenvalue weighted by atomic mass is 9.96. The van der Waals surface area contributed by atoms with E-state index in [2.05, 4.69) is 15.0 Å². The summed E-state index contributed by atoms with van der Waals surface area (Å²) in [5.41, 5.74) is 5.12. The van der Waals surface area contributed by atoms with E-state index in [4.69, 9.17) is 24.0 Å². The Morgan fingerprint density at radius 3 is 2.86 bits per heavy atom. The van der Waals surface area contributed by atoms with Gasteiger partial charge in [-0.3, -0.25) is 18.1 Å². The van der Waals surface area contributed by atoms with Crippen LogP contribution in [-0.2, 0) is 32.7 Å². The van der Waals surface area contributed by atoms with Crippen LogP contribution in [-0.4, -0.2) is 75.4 Å². The van der Waals surface area contributed by atoms with E-state index < -0.39 is 54.4 Å². The number of imidazole rings is 1. The highest BCUT2D eigenvalue weighted by Gasteiger charge is 2.54. The predicted octanol–water partition coefficient (Wildman–Crippen LogP) is 1.12. The summed E-state index contributed by atoms with van der Waals surface area (Å²) in [6.07, 6.45) is -0.439. The van der Waals surface area contributed by atoms with Crippen molar-refractivity contribution in [2.45, 2.75) is 48.4 Å². The third kappa shape index (κ3) is 4.89. The zero-order chi connectivity index (χ0) is 26.6. The van der Waals surface area contributed by atoms with Gasteiger partial charge in [-0.05, 0) is 24.6 Å². The number of hydrogen-bond donors (Lipinski definition) is 3. The molecule has 0 aliphatic carbocycles. The average Bonchev–Trinajstić information content (AvgIpc) is 3.37. The van der Waals surface area contributed by atoms with E-state index in [1.807, 2.05) is 0 Å². The van der Waals surface area contributed by atoms with Crippen LogP contribution in [0.4, 0.5) is 5.82 Å². The molecule has 4 N–H and O–H groups in total. The first-order valence-corrected chi connectivity index (χ1v) is 14.6. The summed E-state index contributed by atoms with van der Waals surface area (Å²) in [4.78, 5) is 12.3. The summed E-state index contributed by atoms with van der Waals surface area (Å²) in [5.74, 6) is 0.142. The number of nitrogen functional groups attached to an aromatic ring is 1. The SMILES string of the molecule is C[C@@]1(O)[C@H](O)[C@@H](COP2(=O)OCCC(c3cccc(S(C)(=O)=O)c3)O2)O[C@H]1n1cnc2c(N)ncnc21. The Labute approximate surface area is 211 Å². The van der Waals surface area contributed by atoms with E-state index in [9.17, 15) is 23.2 Å². The van der Waals surface area contributed by atoms with Crippen molar-refractivity contribution >= 4 is 34.6 Å². The molecule has 200 valence electrons. The molecule has 0 spiro atoms. The maximum absolute atomic E-state index is 13.2. The van der Waals surface area contributed by atoms with Gasteiger partial charge in [-0.2, -0.15) is 0 Å². The lowest BCUT2D eigenvalue weighted by Gasteiger charge is -2.30. The number of ether oxygens (including phenoxy) is 1. The van der Waals surface area contributed by atoms with E-state index >= 15 is 0 Å². The molecule has 6 atom stereocenters. The first-order chi connectivity index (χ1) is 17.4. The molecule has 0 saturated carbocycles. The van der Waals surface area contributed by atoms with Crippen LogP contribution in [0.15, 0.2) is 41.8 Å². The summed E-state index contributed by atoms with van der Waals surface area (Å²) in [7, 11) is -7.56. The Kier molecular flexibility index (Phi) is 6.61. The van der Waals surface area contributed by atoms with Crippen molar-refractivity contribution in [1.82, 2.24) is 19.5 Å². The van der Waals surface area contributed by atoms with E-state index in [1.54, 1.807) is 12.1 Å². The summed E-state index contributed by atoms with van der Waals surface area (Å²) >= 11 is 0. The highest BCUT2D eigenvalue weighted by molar-refractivity contribution is 7.90. The number of anilines is 1. The standard InChI is InChI=1S/C21H26N5O9PS/c1-21(28)17(27)15(34-20(21)26-11-25-16-18(22)23-10-24-19(16)26)9-33-36(29)32-7-6-14(35-36)12-4-3-5-13(8-12)37(2,30)31/h3-5,8,10-11,14-15,17,20,27-28H,6-7,9H2,1-2H3,(H2,22,23,24)/t14?,15-,17-,20-,21-,36?/m1/s1. The Bertz CT molecular complexity index is 1480. The first kappa shape index (κ1) is 26.1. The molecule has 1 aromatic carbocycles. The van der Waals surface area contributed by atoms with Crippen molar-refractivity contribution in [3.05, 3.63) is 42.5 Å². The van der Waals surface area contributed by atoms with E-state index in [0.717, 1.165) is 6.26 Å². The van der Waals surface area contributed by atoms with Crippen molar-refractivity contribution in [2.24, 2.45) is 0 Å². The van der Waals surface area contributed by atoms with Gasteiger partial charge in [-0.15, -0.1) is 0 Å². The number of benzene rings is 1. The van der Waals surface area contributed by atoms with Gasteiger partial charge in [0, 0.05) is 12.7 Å². The van der Waals surface area contributed by atoms with Gasteiger partial charge in [0.25, 0.3) is 0 Å². The maximum atomic E-state index is 13.2. The van der Waals surface area contributed by atoms with Crippen LogP contribution >= 0.6 is 7.82 Å². The van der Waals surface area contributed by atoms with Crippen molar-refractivity contribution in [3.8, 4) is 0 Å². The number of aromatic nitrogens is 4. The smallest absolute Gasteiger partial charge is 0.387 e. The molecule has 0 bridgehead atoms. The van der Waals surface area contributed by atoms with Crippen molar-refractivity contribution in [2.75, 3.05) is 25.2 Å². The summed E-state index contributed by atoms with van der Waals surface area (Å²) in [5, 5.41) is 21.8. The largest absolute Gasteiger partial charge is 0.475 e. The topological polar surface area (TPSA) is 198 Å². The van der Waals surface area contributed by atoms with Crippen LogP contribution in [0.1, 0.15) is 31.2 Å². The van der Waals surface area contributed by atoms with E-state index in [0.29, 0.717) is 17.5 Å². The molecule has 2 fully saturated rings. The number of rotatable bonds is 6.